The Morgan fingerprint density at radius 3 is 3.00 bits per heavy atom. The van der Waals surface area contributed by atoms with Gasteiger partial charge in [-0.3, -0.25) is 14.3 Å². The number of pyridine rings is 1. The number of nitrogens with zero attached hydrogens (tertiary/aromatic N) is 2. The van der Waals surface area contributed by atoms with E-state index >= 15 is 0 Å². The van der Waals surface area contributed by atoms with Crippen LogP contribution in [0, 0.1) is 0 Å². The van der Waals surface area contributed by atoms with Gasteiger partial charge in [-0.15, -0.1) is 11.8 Å². The summed E-state index contributed by atoms with van der Waals surface area (Å²) in [4.78, 5) is 8.13. The molecular formula is C19H27FN2OS. The Bertz CT molecular complexity index is 566. The minimum atomic E-state index is -0.191. The maximum absolute atomic E-state index is 12.1. The van der Waals surface area contributed by atoms with Gasteiger partial charge >= 0.3 is 0 Å². The summed E-state index contributed by atoms with van der Waals surface area (Å²) in [7, 11) is 2.14. The van der Waals surface area contributed by atoms with Gasteiger partial charge in [0.2, 0.25) is 0 Å². The zero-order chi connectivity index (χ0) is 16.8. The van der Waals surface area contributed by atoms with E-state index in [0.29, 0.717) is 17.7 Å². The molecule has 1 aromatic heterocycles. The van der Waals surface area contributed by atoms with Crippen molar-refractivity contribution >= 4 is 11.8 Å². The lowest BCUT2D eigenvalue weighted by atomic mass is 10.1. The van der Waals surface area contributed by atoms with Crippen molar-refractivity contribution in [3.8, 4) is 5.75 Å². The predicted octanol–water partition coefficient (Wildman–Crippen LogP) is 4.76. The van der Waals surface area contributed by atoms with Crippen LogP contribution in [0.4, 0.5) is 4.39 Å². The average Bonchev–Trinajstić information content (AvgIpc) is 3.07. The number of hydrogen-bond acceptors (Lipinski definition) is 4. The van der Waals surface area contributed by atoms with Crippen molar-refractivity contribution in [1.29, 1.82) is 0 Å². The Hall–Kier alpha value is -1.07. The lowest BCUT2D eigenvalue weighted by molar-refractivity contribution is 0.0767. The molecule has 0 N–H and O–H groups in total. The molecule has 3 heterocycles. The third kappa shape index (κ3) is 4.73. The van der Waals surface area contributed by atoms with Crippen LogP contribution in [0.2, 0.25) is 0 Å². The molecule has 2 aliphatic rings. The molecule has 0 bridgehead atoms. The molecule has 3 nitrogen and oxygen atoms in total. The molecule has 5 heteroatoms. The SMILES string of the molecule is CN1CC[C@H]1COc1cncc(C2CC=C(CCCCCF)S2)c1. The number of halogens is 1. The zero-order valence-electron chi connectivity index (χ0n) is 14.4. The number of allylic oxidation sites excluding steroid dienone is 2. The fourth-order valence-electron chi connectivity index (χ4n) is 3.12. The summed E-state index contributed by atoms with van der Waals surface area (Å²) < 4.78 is 18.1. The van der Waals surface area contributed by atoms with Crippen molar-refractivity contribution in [3.63, 3.8) is 0 Å². The highest BCUT2D eigenvalue weighted by Crippen LogP contribution is 2.45. The third-order valence-electron chi connectivity index (χ3n) is 4.90. The van der Waals surface area contributed by atoms with Crippen LogP contribution >= 0.6 is 11.8 Å². The molecule has 132 valence electrons. The molecule has 1 saturated heterocycles. The van der Waals surface area contributed by atoms with Crippen LogP contribution in [-0.2, 0) is 0 Å². The smallest absolute Gasteiger partial charge is 0.137 e. The van der Waals surface area contributed by atoms with E-state index in [2.05, 4.69) is 29.1 Å². The molecule has 0 amide bonds. The fourth-order valence-corrected chi connectivity index (χ4v) is 4.39. The summed E-state index contributed by atoms with van der Waals surface area (Å²) in [6, 6.07) is 2.69. The molecule has 2 atom stereocenters. The van der Waals surface area contributed by atoms with Crippen molar-refractivity contribution in [1.82, 2.24) is 9.88 Å². The van der Waals surface area contributed by atoms with Crippen molar-refractivity contribution in [2.45, 2.75) is 49.8 Å². The molecule has 1 aromatic rings. The van der Waals surface area contributed by atoms with E-state index in [-0.39, 0.29) is 6.67 Å². The molecule has 0 aliphatic carbocycles. The van der Waals surface area contributed by atoms with Gasteiger partial charge in [0.1, 0.15) is 12.4 Å². The Balaban J connectivity index is 1.46. The molecule has 1 unspecified atom stereocenters. The van der Waals surface area contributed by atoms with E-state index in [1.54, 1.807) is 0 Å². The van der Waals surface area contributed by atoms with E-state index < -0.39 is 0 Å². The maximum atomic E-state index is 12.1. The van der Waals surface area contributed by atoms with E-state index in [1.165, 1.54) is 23.4 Å². The lowest BCUT2D eigenvalue weighted by Crippen LogP contribution is -2.48. The van der Waals surface area contributed by atoms with Gasteiger partial charge in [0.05, 0.1) is 12.9 Å². The molecule has 0 radical (unpaired) electrons. The third-order valence-corrected chi connectivity index (χ3v) is 6.32. The van der Waals surface area contributed by atoms with Crippen molar-refractivity contribution < 1.29 is 9.13 Å². The number of likely N-dealkylation sites (tertiary alicyclic amines) is 1. The lowest BCUT2D eigenvalue weighted by Gasteiger charge is -2.37. The molecule has 24 heavy (non-hydrogen) atoms. The van der Waals surface area contributed by atoms with Crippen molar-refractivity contribution in [3.05, 3.63) is 35.0 Å². The van der Waals surface area contributed by atoms with Gasteiger partial charge in [-0.1, -0.05) is 12.5 Å². The van der Waals surface area contributed by atoms with Crippen LogP contribution in [0.15, 0.2) is 29.4 Å². The molecule has 0 saturated carbocycles. The van der Waals surface area contributed by atoms with Crippen molar-refractivity contribution in [2.75, 3.05) is 26.9 Å². The fraction of sp³-hybridized carbons (Fsp3) is 0.632. The summed E-state index contributed by atoms with van der Waals surface area (Å²) >= 11 is 1.93. The Morgan fingerprint density at radius 2 is 2.25 bits per heavy atom. The minimum Gasteiger partial charge on any atom is -0.490 e. The summed E-state index contributed by atoms with van der Waals surface area (Å²) in [6.45, 7) is 1.73. The largest absolute Gasteiger partial charge is 0.490 e. The van der Waals surface area contributed by atoms with Gasteiger partial charge < -0.3 is 4.74 Å². The van der Waals surface area contributed by atoms with Gasteiger partial charge in [0, 0.05) is 17.5 Å². The van der Waals surface area contributed by atoms with Gasteiger partial charge in [-0.25, -0.2) is 0 Å². The molecule has 3 rings (SSSR count). The summed E-state index contributed by atoms with van der Waals surface area (Å²) in [6.07, 6.45) is 12.2. The van der Waals surface area contributed by atoms with Gasteiger partial charge in [-0.2, -0.15) is 0 Å². The number of likely N-dealkylation sites (N-methyl/N-ethyl adjacent to an activating group) is 1. The molecule has 2 aliphatic heterocycles. The standard InChI is InChI=1S/C19H27FN2OS/c1-22-10-8-16(22)14-23-17-11-15(12-21-13-17)19-7-6-18(24-19)5-3-2-4-9-20/h6,11-13,16,19H,2-5,7-10,14H2,1H3/t16-,19?/m0/s1. The quantitative estimate of drug-likeness (QED) is 0.600. The first-order valence-corrected chi connectivity index (χ1v) is 9.84. The normalized spacial score (nSPS) is 23.8. The Kier molecular flexibility index (Phi) is 6.55. The maximum Gasteiger partial charge on any atom is 0.137 e. The van der Waals surface area contributed by atoms with Crippen LogP contribution in [0.25, 0.3) is 0 Å². The molecule has 0 aromatic carbocycles. The van der Waals surface area contributed by atoms with Gasteiger partial charge in [0.25, 0.3) is 0 Å². The molecule has 1 fully saturated rings. The summed E-state index contributed by atoms with van der Waals surface area (Å²) in [5.41, 5.74) is 1.24. The number of hydrogen-bond donors (Lipinski definition) is 0. The number of aromatic nitrogens is 1. The minimum absolute atomic E-state index is 0.191. The summed E-state index contributed by atoms with van der Waals surface area (Å²) in [5.74, 6) is 0.879. The first-order chi connectivity index (χ1) is 11.8. The van der Waals surface area contributed by atoms with Crippen molar-refractivity contribution in [2.24, 2.45) is 0 Å². The number of ether oxygens (including phenoxy) is 1. The Morgan fingerprint density at radius 1 is 1.33 bits per heavy atom. The first-order valence-electron chi connectivity index (χ1n) is 8.96. The second kappa shape index (κ2) is 8.86. The average molecular weight is 351 g/mol. The van der Waals surface area contributed by atoms with Crippen LogP contribution in [0.5, 0.6) is 5.75 Å². The molecule has 0 spiro atoms. The van der Waals surface area contributed by atoms with Crippen LogP contribution in [0.3, 0.4) is 0 Å². The number of rotatable bonds is 9. The predicted molar refractivity (Wildman–Crippen MR) is 98.2 cm³/mol. The summed E-state index contributed by atoms with van der Waals surface area (Å²) in [5, 5.41) is 0.448. The Labute approximate surface area is 148 Å². The number of alkyl halides is 1. The highest BCUT2D eigenvalue weighted by molar-refractivity contribution is 8.03. The van der Waals surface area contributed by atoms with E-state index in [4.69, 9.17) is 4.74 Å². The number of unbranched alkanes of at least 4 members (excludes halogenated alkanes) is 2. The zero-order valence-corrected chi connectivity index (χ0v) is 15.2. The second-order valence-corrected chi connectivity index (χ2v) is 8.03. The second-order valence-electron chi connectivity index (χ2n) is 6.70. The highest BCUT2D eigenvalue weighted by atomic mass is 32.2. The van der Waals surface area contributed by atoms with Crippen LogP contribution < -0.4 is 4.74 Å². The van der Waals surface area contributed by atoms with Crippen LogP contribution in [-0.4, -0.2) is 42.8 Å². The molecular weight excluding hydrogens is 323 g/mol. The van der Waals surface area contributed by atoms with Crippen LogP contribution in [0.1, 0.15) is 49.3 Å². The number of thioether (sulfide) groups is 1. The van der Waals surface area contributed by atoms with Gasteiger partial charge in [-0.05, 0) is 62.2 Å². The van der Waals surface area contributed by atoms with E-state index in [9.17, 15) is 4.39 Å². The topological polar surface area (TPSA) is 25.4 Å². The van der Waals surface area contributed by atoms with Gasteiger partial charge in [0.15, 0.2) is 0 Å². The van der Waals surface area contributed by atoms with E-state index in [1.807, 2.05) is 24.2 Å². The highest BCUT2D eigenvalue weighted by Gasteiger charge is 2.25. The first kappa shape index (κ1) is 17.7. The van der Waals surface area contributed by atoms with E-state index in [0.717, 1.165) is 38.0 Å². The monoisotopic (exact) mass is 350 g/mol.